The highest BCUT2D eigenvalue weighted by atomic mass is 35.5. The van der Waals surface area contributed by atoms with Crippen LogP contribution in [-0.4, -0.2) is 13.9 Å². The minimum absolute atomic E-state index is 0.0203. The van der Waals surface area contributed by atoms with Gasteiger partial charge in [-0.15, -0.1) is 0 Å². The molecule has 0 bridgehead atoms. The molecule has 19 heavy (non-hydrogen) atoms. The summed E-state index contributed by atoms with van der Waals surface area (Å²) < 4.78 is 3.60. The summed E-state index contributed by atoms with van der Waals surface area (Å²) in [5.41, 5.74) is -0.472. The van der Waals surface area contributed by atoms with Crippen LogP contribution in [0.5, 0.6) is 0 Å². The van der Waals surface area contributed by atoms with Gasteiger partial charge in [0.1, 0.15) is 5.69 Å². The molecule has 2 aromatic rings. The highest BCUT2D eigenvalue weighted by molar-refractivity contribution is 6.31. The Morgan fingerprint density at radius 2 is 1.63 bits per heavy atom. The average molecular weight is 285 g/mol. The monoisotopic (exact) mass is 284 g/mol. The smallest absolute Gasteiger partial charge is 0.439 e. The number of hydrogen-bond donors (Lipinski definition) is 0. The van der Waals surface area contributed by atoms with Crippen molar-refractivity contribution in [3.63, 3.8) is 0 Å². The molecule has 8 heteroatoms. The Kier molecular flexibility index (Phi) is 3.01. The van der Waals surface area contributed by atoms with E-state index in [0.29, 0.717) is 10.3 Å². The molecule has 0 atom stereocenters. The van der Waals surface area contributed by atoms with Gasteiger partial charge in [-0.3, -0.25) is 0 Å². The van der Waals surface area contributed by atoms with Crippen LogP contribution in [0.4, 0.5) is 0 Å². The first kappa shape index (κ1) is 13.4. The van der Waals surface area contributed by atoms with Crippen molar-refractivity contribution in [2.24, 2.45) is 14.1 Å². The zero-order valence-corrected chi connectivity index (χ0v) is 11.7. The van der Waals surface area contributed by atoms with Gasteiger partial charge in [-0.05, 0) is 19.9 Å². The largest absolute Gasteiger partial charge is 0.710 e. The number of hydrogen-bond acceptors (Lipinski definition) is 3. The van der Waals surface area contributed by atoms with Crippen molar-refractivity contribution in [2.45, 2.75) is 13.8 Å². The number of nitrogens with zero attached hydrogens (tertiary/aromatic N) is 4. The van der Waals surface area contributed by atoms with Gasteiger partial charge in [-0.1, -0.05) is 16.2 Å². The zero-order valence-electron chi connectivity index (χ0n) is 11.0. The summed E-state index contributed by atoms with van der Waals surface area (Å²) in [6, 6.07) is 1.56. The van der Waals surface area contributed by atoms with Crippen molar-refractivity contribution in [1.29, 1.82) is 0 Å². The maximum atomic E-state index is 12.2. The fourth-order valence-corrected chi connectivity index (χ4v) is 2.09. The summed E-state index contributed by atoms with van der Waals surface area (Å²) in [6.07, 6.45) is 0. The molecule has 0 aromatic carbocycles. The van der Waals surface area contributed by atoms with E-state index in [4.69, 9.17) is 11.6 Å². The van der Waals surface area contributed by atoms with E-state index in [1.54, 1.807) is 13.0 Å². The van der Waals surface area contributed by atoms with Crippen LogP contribution in [-0.2, 0) is 14.1 Å². The first-order valence-corrected chi connectivity index (χ1v) is 5.89. The van der Waals surface area contributed by atoms with E-state index in [-0.39, 0.29) is 16.5 Å². The number of rotatable bonds is 1. The van der Waals surface area contributed by atoms with Crippen LogP contribution in [0.15, 0.2) is 15.7 Å². The summed E-state index contributed by atoms with van der Waals surface area (Å²) in [5, 5.41) is 12.4. The van der Waals surface area contributed by atoms with E-state index >= 15 is 0 Å². The van der Waals surface area contributed by atoms with E-state index in [2.05, 4.69) is 0 Å². The lowest BCUT2D eigenvalue weighted by Gasteiger charge is -2.13. The Bertz CT molecular complexity index is 751. The Balaban J connectivity index is 2.97. The number of halogens is 1. The molecular weight excluding hydrogens is 272 g/mol. The van der Waals surface area contributed by atoms with Crippen LogP contribution in [0.2, 0.25) is 5.02 Å². The van der Waals surface area contributed by atoms with Gasteiger partial charge in [-0.25, -0.2) is 23.7 Å². The Morgan fingerprint density at radius 1 is 1.16 bits per heavy atom. The second-order valence-electron chi connectivity index (χ2n) is 4.33. The van der Waals surface area contributed by atoms with Crippen LogP contribution in [0.25, 0.3) is 5.82 Å². The first-order chi connectivity index (χ1) is 8.77. The lowest BCUT2D eigenvalue weighted by Crippen LogP contribution is -2.43. The Labute approximate surface area is 113 Å². The predicted octanol–water partition coefficient (Wildman–Crippen LogP) is -0.222. The highest BCUT2D eigenvalue weighted by Crippen LogP contribution is 2.16. The molecule has 0 spiro atoms. The van der Waals surface area contributed by atoms with E-state index in [1.165, 1.54) is 21.0 Å². The summed E-state index contributed by atoms with van der Waals surface area (Å²) in [7, 11) is 2.90. The molecule has 0 aliphatic carbocycles. The molecule has 102 valence electrons. The molecule has 2 rings (SSSR count). The van der Waals surface area contributed by atoms with Crippen LogP contribution in [0.1, 0.15) is 11.3 Å². The number of aryl methyl sites for hydroxylation is 1. The van der Waals surface area contributed by atoms with Gasteiger partial charge in [0.25, 0.3) is 0 Å². The molecule has 2 heterocycles. The molecule has 2 aromatic heterocycles. The normalized spacial score (nSPS) is 11.0. The van der Waals surface area contributed by atoms with Crippen molar-refractivity contribution in [3.8, 4) is 5.82 Å². The standard InChI is InChI=1S/C11H13ClN4O3/c1-6-5-8(12)7(2)16(19)9(6)15-10(17)13(3)14(4)11(15)18/h5H,1-4H3. The maximum absolute atomic E-state index is 12.2. The SMILES string of the molecule is Cc1cc(Cl)c(C)[n+]([O-])c1-n1c(=O)n(C)n(C)c1=O. The fraction of sp³-hybridized carbons (Fsp3) is 0.364. The molecule has 0 radical (unpaired) electrons. The van der Waals surface area contributed by atoms with Gasteiger partial charge in [0.2, 0.25) is 0 Å². The van der Waals surface area contributed by atoms with E-state index < -0.39 is 11.4 Å². The molecule has 0 aliphatic heterocycles. The second kappa shape index (κ2) is 4.27. The van der Waals surface area contributed by atoms with E-state index in [1.807, 2.05) is 0 Å². The third-order valence-electron chi connectivity index (χ3n) is 3.14. The third-order valence-corrected chi connectivity index (χ3v) is 3.52. The van der Waals surface area contributed by atoms with Crippen LogP contribution in [0, 0.1) is 19.1 Å². The molecule has 0 saturated carbocycles. The van der Waals surface area contributed by atoms with Crippen molar-refractivity contribution in [2.75, 3.05) is 0 Å². The van der Waals surface area contributed by atoms with Gasteiger partial charge in [0.05, 0.1) is 5.02 Å². The van der Waals surface area contributed by atoms with Gasteiger partial charge in [-0.2, -0.15) is 0 Å². The summed E-state index contributed by atoms with van der Waals surface area (Å²) in [5.74, 6) is -0.0203. The number of aromatic nitrogens is 4. The van der Waals surface area contributed by atoms with Crippen LogP contribution in [0.3, 0.4) is 0 Å². The van der Waals surface area contributed by atoms with Crippen molar-refractivity contribution in [3.05, 3.63) is 48.5 Å². The predicted molar refractivity (Wildman–Crippen MR) is 69.7 cm³/mol. The van der Waals surface area contributed by atoms with E-state index in [9.17, 15) is 14.8 Å². The minimum atomic E-state index is -0.582. The summed E-state index contributed by atoms with van der Waals surface area (Å²) in [4.78, 5) is 24.1. The Morgan fingerprint density at radius 3 is 2.11 bits per heavy atom. The quantitative estimate of drug-likeness (QED) is 0.536. The molecular formula is C11H13ClN4O3. The van der Waals surface area contributed by atoms with Crippen molar-refractivity contribution >= 4 is 11.6 Å². The van der Waals surface area contributed by atoms with Gasteiger partial charge in [0.15, 0.2) is 0 Å². The topological polar surface area (TPSA) is 75.9 Å². The highest BCUT2D eigenvalue weighted by Gasteiger charge is 2.25. The summed E-state index contributed by atoms with van der Waals surface area (Å²) >= 11 is 5.90. The fourth-order valence-electron chi connectivity index (χ4n) is 1.85. The molecule has 0 aliphatic rings. The van der Waals surface area contributed by atoms with Crippen LogP contribution >= 0.6 is 11.6 Å². The minimum Gasteiger partial charge on any atom is -0.710 e. The first-order valence-electron chi connectivity index (χ1n) is 5.52. The lowest BCUT2D eigenvalue weighted by atomic mass is 10.2. The molecule has 0 amide bonds. The maximum Gasteiger partial charge on any atom is 0.439 e. The second-order valence-corrected chi connectivity index (χ2v) is 4.73. The summed E-state index contributed by atoms with van der Waals surface area (Å²) in [6.45, 7) is 3.14. The van der Waals surface area contributed by atoms with Crippen molar-refractivity contribution < 1.29 is 4.73 Å². The third kappa shape index (κ3) is 1.77. The molecule has 0 saturated heterocycles. The number of pyridine rings is 1. The van der Waals surface area contributed by atoms with Gasteiger partial charge in [0, 0.05) is 19.7 Å². The van der Waals surface area contributed by atoms with E-state index in [0.717, 1.165) is 13.9 Å². The van der Waals surface area contributed by atoms with Gasteiger partial charge < -0.3 is 5.21 Å². The zero-order chi connectivity index (χ0) is 14.5. The molecule has 0 N–H and O–H groups in total. The average Bonchev–Trinajstić information content (AvgIpc) is 2.54. The molecule has 0 unspecified atom stereocenters. The Hall–Kier alpha value is -2.02. The van der Waals surface area contributed by atoms with Crippen LogP contribution < -0.4 is 16.1 Å². The van der Waals surface area contributed by atoms with Gasteiger partial charge >= 0.3 is 17.2 Å². The lowest BCUT2D eigenvalue weighted by molar-refractivity contribution is -0.607. The molecule has 0 fully saturated rings. The molecule has 7 nitrogen and oxygen atoms in total. The van der Waals surface area contributed by atoms with Crippen molar-refractivity contribution in [1.82, 2.24) is 13.9 Å².